The van der Waals surface area contributed by atoms with Gasteiger partial charge in [0.15, 0.2) is 0 Å². The van der Waals surface area contributed by atoms with E-state index in [-0.39, 0.29) is 20.7 Å². The molecule has 18 heavy (non-hydrogen) atoms. The van der Waals surface area contributed by atoms with E-state index in [4.69, 9.17) is 0 Å². The first-order chi connectivity index (χ1) is 8.95. The summed E-state index contributed by atoms with van der Waals surface area (Å²) in [6.45, 7) is 0. The molecule has 0 amide bonds. The molecule has 0 N–H and O–H groups in total. The Balaban J connectivity index is 2.13. The van der Waals surface area contributed by atoms with Crippen LogP contribution in [0.25, 0.3) is 10.9 Å². The standard InChI is InChI=1S/C16H13IP/c1-3-7-13(8-4-1)15-11-12-17-18-16(15)14-9-5-2-6-10-14/h1-12,18H/q-1. The van der Waals surface area contributed by atoms with Crippen LogP contribution in [0.4, 0.5) is 0 Å². The third kappa shape index (κ3) is 2.57. The summed E-state index contributed by atoms with van der Waals surface area (Å²) in [6.07, 6.45) is 3.30. The van der Waals surface area contributed by atoms with Gasteiger partial charge in [0, 0.05) is 0 Å². The van der Waals surface area contributed by atoms with Crippen molar-refractivity contribution in [2.24, 2.45) is 0 Å². The average Bonchev–Trinajstić information content (AvgIpc) is 2.49. The molecule has 0 aromatic heterocycles. The van der Waals surface area contributed by atoms with Gasteiger partial charge >= 0.3 is 120 Å². The third-order valence-corrected chi connectivity index (χ3v) is 7.83. The fraction of sp³-hybridized carbons (Fsp3) is 0. The molecule has 1 unspecified atom stereocenters. The SMILES string of the molecule is C1=CC(c2ccccc2)=C(c2ccccc2)P[I-]1. The topological polar surface area (TPSA) is 0 Å². The molecule has 2 aromatic carbocycles. The van der Waals surface area contributed by atoms with Gasteiger partial charge in [-0.3, -0.25) is 0 Å². The van der Waals surface area contributed by atoms with E-state index in [0.29, 0.717) is 0 Å². The molecule has 3 rings (SSSR count). The first-order valence-electron chi connectivity index (χ1n) is 5.85. The van der Waals surface area contributed by atoms with Gasteiger partial charge in [-0.05, 0) is 0 Å². The second kappa shape index (κ2) is 5.81. The van der Waals surface area contributed by atoms with Gasteiger partial charge in [0.2, 0.25) is 0 Å². The van der Waals surface area contributed by atoms with Gasteiger partial charge in [-0.2, -0.15) is 0 Å². The molecule has 1 heterocycles. The molecule has 0 spiro atoms. The predicted molar refractivity (Wildman–Crippen MR) is 77.2 cm³/mol. The van der Waals surface area contributed by atoms with Crippen molar-refractivity contribution in [1.82, 2.24) is 0 Å². The third-order valence-electron chi connectivity index (χ3n) is 2.86. The van der Waals surface area contributed by atoms with Crippen LogP contribution in [-0.4, -0.2) is 0 Å². The number of rotatable bonds is 2. The Bertz CT molecular complexity index is 585. The van der Waals surface area contributed by atoms with Crippen LogP contribution in [-0.2, 0) is 0 Å². The first-order valence-corrected chi connectivity index (χ1v) is 11.2. The van der Waals surface area contributed by atoms with Crippen LogP contribution in [0.1, 0.15) is 11.1 Å². The van der Waals surface area contributed by atoms with Crippen LogP contribution in [0.3, 0.4) is 0 Å². The van der Waals surface area contributed by atoms with E-state index in [1.165, 1.54) is 22.0 Å². The Kier molecular flexibility index (Phi) is 3.92. The summed E-state index contributed by atoms with van der Waals surface area (Å²) in [5, 5.41) is 1.54. The van der Waals surface area contributed by atoms with Gasteiger partial charge in [-0.1, -0.05) is 0 Å². The van der Waals surface area contributed by atoms with Crippen molar-refractivity contribution in [1.29, 1.82) is 0 Å². The second-order valence-corrected chi connectivity index (χ2v) is 9.13. The summed E-state index contributed by atoms with van der Waals surface area (Å²) in [5.41, 5.74) is 4.13. The fourth-order valence-electron chi connectivity index (χ4n) is 1.99. The molecular weight excluding hydrogens is 350 g/mol. The first kappa shape index (κ1) is 12.1. The van der Waals surface area contributed by atoms with Crippen molar-refractivity contribution in [3.05, 3.63) is 81.9 Å². The Morgan fingerprint density at radius 2 is 1.33 bits per heavy atom. The maximum atomic E-state index is 2.39. The molecule has 0 fully saturated rings. The number of hydrogen-bond acceptors (Lipinski definition) is 0. The number of allylic oxidation sites excluding steroid dienone is 2. The molecular formula is C16H13IP-. The van der Waals surface area contributed by atoms with Crippen molar-refractivity contribution >= 4 is 17.1 Å². The van der Waals surface area contributed by atoms with E-state index >= 15 is 0 Å². The zero-order chi connectivity index (χ0) is 12.2. The quantitative estimate of drug-likeness (QED) is 0.564. The summed E-state index contributed by atoms with van der Waals surface area (Å²) in [4.78, 5) is 0. The molecule has 1 aliphatic rings. The summed E-state index contributed by atoms with van der Waals surface area (Å²) >= 11 is 0.219. The van der Waals surface area contributed by atoms with Crippen LogP contribution in [0.5, 0.6) is 0 Å². The van der Waals surface area contributed by atoms with Crippen LogP contribution in [0.15, 0.2) is 70.8 Å². The number of hydrogen-bond donors (Lipinski definition) is 0. The van der Waals surface area contributed by atoms with E-state index in [1.54, 1.807) is 0 Å². The van der Waals surface area contributed by atoms with E-state index in [2.05, 4.69) is 70.8 Å². The van der Waals surface area contributed by atoms with E-state index in [9.17, 15) is 0 Å². The normalized spacial score (nSPS) is 16.7. The summed E-state index contributed by atoms with van der Waals surface area (Å²) in [5.74, 6) is 0. The molecule has 0 radical (unpaired) electrons. The zero-order valence-electron chi connectivity index (χ0n) is 9.81. The Morgan fingerprint density at radius 3 is 2.00 bits per heavy atom. The van der Waals surface area contributed by atoms with Crippen molar-refractivity contribution in [3.8, 4) is 0 Å². The minimum absolute atomic E-state index is 0.219. The van der Waals surface area contributed by atoms with Crippen molar-refractivity contribution in [3.63, 3.8) is 0 Å². The van der Waals surface area contributed by atoms with Crippen LogP contribution < -0.4 is 20.7 Å². The molecule has 90 valence electrons. The van der Waals surface area contributed by atoms with Crippen molar-refractivity contribution in [2.45, 2.75) is 0 Å². The number of halogens is 1. The van der Waals surface area contributed by atoms with Crippen molar-refractivity contribution < 1.29 is 20.7 Å². The Labute approximate surface area is 119 Å². The number of benzene rings is 2. The molecule has 0 aliphatic carbocycles. The van der Waals surface area contributed by atoms with E-state index in [0.717, 1.165) is 6.22 Å². The van der Waals surface area contributed by atoms with Crippen LogP contribution in [0.2, 0.25) is 0 Å². The Hall–Kier alpha value is -0.920. The van der Waals surface area contributed by atoms with Gasteiger partial charge < -0.3 is 0 Å². The molecule has 0 saturated carbocycles. The Morgan fingerprint density at radius 1 is 0.722 bits per heavy atom. The summed E-state index contributed by atoms with van der Waals surface area (Å²) < 4.78 is 2.39. The van der Waals surface area contributed by atoms with E-state index < -0.39 is 0 Å². The summed E-state index contributed by atoms with van der Waals surface area (Å²) in [7, 11) is 0. The molecule has 0 saturated heterocycles. The molecule has 0 nitrogen and oxygen atoms in total. The molecule has 2 heteroatoms. The monoisotopic (exact) mass is 363 g/mol. The molecule has 0 bridgehead atoms. The maximum absolute atomic E-state index is 2.39. The minimum atomic E-state index is 0.219. The van der Waals surface area contributed by atoms with Gasteiger partial charge in [-0.15, -0.1) is 0 Å². The second-order valence-electron chi connectivity index (χ2n) is 4.02. The molecule has 1 aliphatic heterocycles. The van der Waals surface area contributed by atoms with Gasteiger partial charge in [-0.25, -0.2) is 0 Å². The van der Waals surface area contributed by atoms with Gasteiger partial charge in [0.1, 0.15) is 0 Å². The van der Waals surface area contributed by atoms with Gasteiger partial charge in [0.05, 0.1) is 0 Å². The molecule has 2 aromatic rings. The van der Waals surface area contributed by atoms with Crippen molar-refractivity contribution in [2.75, 3.05) is 0 Å². The van der Waals surface area contributed by atoms with Gasteiger partial charge in [0.25, 0.3) is 0 Å². The summed E-state index contributed by atoms with van der Waals surface area (Å²) in [6, 6.07) is 21.5. The van der Waals surface area contributed by atoms with Crippen LogP contribution in [0, 0.1) is 0 Å². The molecule has 1 atom stereocenters. The van der Waals surface area contributed by atoms with E-state index in [1.807, 2.05) is 0 Å². The predicted octanol–water partition coefficient (Wildman–Crippen LogP) is 1.76. The fourth-order valence-corrected chi connectivity index (χ4v) is 7.01. The van der Waals surface area contributed by atoms with Crippen LogP contribution >= 0.6 is 6.22 Å². The zero-order valence-corrected chi connectivity index (χ0v) is 13.0. The average molecular weight is 363 g/mol.